The minimum absolute atomic E-state index is 0.0754. The third-order valence-corrected chi connectivity index (χ3v) is 4.17. The van der Waals surface area contributed by atoms with Crippen LogP contribution in [0.5, 0.6) is 0 Å². The Morgan fingerprint density at radius 3 is 2.55 bits per heavy atom. The van der Waals surface area contributed by atoms with Gasteiger partial charge >= 0.3 is 0 Å². The number of nitrogens with one attached hydrogen (secondary N) is 2. The fourth-order valence-electron chi connectivity index (χ4n) is 1.72. The van der Waals surface area contributed by atoms with Crippen LogP contribution in [0.15, 0.2) is 29.2 Å². The summed E-state index contributed by atoms with van der Waals surface area (Å²) in [6.07, 6.45) is 0.583. The van der Waals surface area contributed by atoms with Crippen LogP contribution >= 0.6 is 0 Å². The lowest BCUT2D eigenvalue weighted by molar-refractivity contribution is 0.0919. The van der Waals surface area contributed by atoms with Crippen LogP contribution in [0.1, 0.15) is 37.6 Å². The van der Waals surface area contributed by atoms with E-state index in [2.05, 4.69) is 10.0 Å². The number of sulfonamides is 1. The van der Waals surface area contributed by atoms with Crippen molar-refractivity contribution >= 4 is 15.9 Å². The molecule has 0 aliphatic rings. The van der Waals surface area contributed by atoms with E-state index < -0.39 is 10.0 Å². The number of rotatable bonds is 7. The molecule has 0 aromatic heterocycles. The second-order valence-corrected chi connectivity index (χ2v) is 7.74. The molecule has 7 heteroatoms. The molecule has 2 N–H and O–H groups in total. The van der Waals surface area contributed by atoms with Crippen LogP contribution in [0.3, 0.4) is 0 Å². The fraction of sp³-hybridized carbons (Fsp3) is 0.533. The van der Waals surface area contributed by atoms with E-state index >= 15 is 0 Å². The molecular weight excluding hydrogens is 304 g/mol. The summed E-state index contributed by atoms with van der Waals surface area (Å²) in [7, 11) is -2.06. The number of hydrogen-bond donors (Lipinski definition) is 2. The van der Waals surface area contributed by atoms with Crippen molar-refractivity contribution in [1.82, 2.24) is 10.0 Å². The molecule has 1 aromatic rings. The summed E-state index contributed by atoms with van der Waals surface area (Å²) in [5, 5.41) is 2.80. The van der Waals surface area contributed by atoms with Crippen LogP contribution in [-0.4, -0.2) is 40.1 Å². The van der Waals surface area contributed by atoms with Crippen molar-refractivity contribution in [2.24, 2.45) is 0 Å². The van der Waals surface area contributed by atoms with Crippen LogP contribution < -0.4 is 10.0 Å². The van der Waals surface area contributed by atoms with Gasteiger partial charge in [0, 0.05) is 31.4 Å². The summed E-state index contributed by atoms with van der Waals surface area (Å²) >= 11 is 0. The standard InChI is InChI=1S/C15H24N2O4S/c1-15(2,3)17-14(18)12-7-5-8-13(11-12)22(19,20)16-9-6-10-21-4/h5,7-8,11,16H,6,9-10H2,1-4H3,(H,17,18). The van der Waals surface area contributed by atoms with Crippen molar-refractivity contribution < 1.29 is 17.9 Å². The molecule has 1 rings (SSSR count). The molecule has 0 spiro atoms. The maximum Gasteiger partial charge on any atom is 0.251 e. The van der Waals surface area contributed by atoms with Gasteiger partial charge in [0.15, 0.2) is 0 Å². The summed E-state index contributed by atoms with van der Waals surface area (Å²) < 4.78 is 31.7. The van der Waals surface area contributed by atoms with Crippen LogP contribution in [0.25, 0.3) is 0 Å². The molecule has 1 aromatic carbocycles. The predicted molar refractivity (Wildman–Crippen MR) is 85.3 cm³/mol. The average Bonchev–Trinajstić information content (AvgIpc) is 2.42. The first kappa shape index (κ1) is 18.6. The van der Waals surface area contributed by atoms with Gasteiger partial charge in [0.25, 0.3) is 5.91 Å². The Labute approximate surface area is 132 Å². The van der Waals surface area contributed by atoms with Gasteiger partial charge in [-0.15, -0.1) is 0 Å². The van der Waals surface area contributed by atoms with Gasteiger partial charge in [0.2, 0.25) is 10.0 Å². The normalized spacial score (nSPS) is 12.2. The van der Waals surface area contributed by atoms with Crippen molar-refractivity contribution in [2.45, 2.75) is 37.6 Å². The molecule has 0 bridgehead atoms. The van der Waals surface area contributed by atoms with E-state index in [0.717, 1.165) is 0 Å². The number of ether oxygens (including phenoxy) is 1. The Bertz CT molecular complexity index is 606. The highest BCUT2D eigenvalue weighted by Crippen LogP contribution is 2.12. The summed E-state index contributed by atoms with van der Waals surface area (Å²) in [4.78, 5) is 12.2. The zero-order valence-corrected chi connectivity index (χ0v) is 14.3. The molecule has 0 atom stereocenters. The largest absolute Gasteiger partial charge is 0.385 e. The van der Waals surface area contributed by atoms with Crippen molar-refractivity contribution in [3.05, 3.63) is 29.8 Å². The lowest BCUT2D eigenvalue weighted by Gasteiger charge is -2.20. The summed E-state index contributed by atoms with van der Waals surface area (Å²) in [5.41, 5.74) is -0.0700. The highest BCUT2D eigenvalue weighted by Gasteiger charge is 2.18. The third kappa shape index (κ3) is 6.13. The first-order chi connectivity index (χ1) is 10.2. The smallest absolute Gasteiger partial charge is 0.251 e. The molecule has 0 aliphatic heterocycles. The lowest BCUT2D eigenvalue weighted by atomic mass is 10.1. The molecule has 0 radical (unpaired) electrons. The van der Waals surface area contributed by atoms with Crippen molar-refractivity contribution in [1.29, 1.82) is 0 Å². The highest BCUT2D eigenvalue weighted by molar-refractivity contribution is 7.89. The van der Waals surface area contributed by atoms with Gasteiger partial charge in [-0.05, 0) is 45.4 Å². The van der Waals surface area contributed by atoms with Crippen molar-refractivity contribution in [2.75, 3.05) is 20.3 Å². The Morgan fingerprint density at radius 2 is 1.95 bits per heavy atom. The quantitative estimate of drug-likeness (QED) is 0.744. The van der Waals surface area contributed by atoms with Gasteiger partial charge in [-0.25, -0.2) is 13.1 Å². The second-order valence-electron chi connectivity index (χ2n) is 5.98. The number of amides is 1. The summed E-state index contributed by atoms with van der Waals surface area (Å²) in [6.45, 7) is 6.36. The van der Waals surface area contributed by atoms with Crippen LogP contribution in [-0.2, 0) is 14.8 Å². The molecule has 1 amide bonds. The molecule has 0 saturated heterocycles. The second kappa shape index (κ2) is 7.71. The molecule has 0 heterocycles. The van der Waals surface area contributed by atoms with E-state index in [4.69, 9.17) is 4.74 Å². The van der Waals surface area contributed by atoms with Crippen molar-refractivity contribution in [3.8, 4) is 0 Å². The van der Waals surface area contributed by atoms with E-state index in [9.17, 15) is 13.2 Å². The maximum atomic E-state index is 12.2. The van der Waals surface area contributed by atoms with Crippen LogP contribution in [0.4, 0.5) is 0 Å². The Balaban J connectivity index is 2.84. The minimum atomic E-state index is -3.63. The third-order valence-electron chi connectivity index (χ3n) is 2.71. The van der Waals surface area contributed by atoms with Crippen LogP contribution in [0.2, 0.25) is 0 Å². The highest BCUT2D eigenvalue weighted by atomic mass is 32.2. The van der Waals surface area contributed by atoms with E-state index in [0.29, 0.717) is 18.6 Å². The number of benzene rings is 1. The van der Waals surface area contributed by atoms with Gasteiger partial charge in [-0.2, -0.15) is 0 Å². The van der Waals surface area contributed by atoms with Gasteiger partial charge in [-0.1, -0.05) is 6.07 Å². The average molecular weight is 328 g/mol. The number of carbonyl (C=O) groups excluding carboxylic acids is 1. The van der Waals surface area contributed by atoms with Gasteiger partial charge in [0.05, 0.1) is 4.90 Å². The van der Waals surface area contributed by atoms with Crippen LogP contribution in [0, 0.1) is 0 Å². The van der Waals surface area contributed by atoms with E-state index in [1.807, 2.05) is 20.8 Å². The van der Waals surface area contributed by atoms with Gasteiger partial charge < -0.3 is 10.1 Å². The molecule has 0 aliphatic carbocycles. The summed E-state index contributed by atoms with van der Waals surface area (Å²) in [6, 6.07) is 5.98. The van der Waals surface area contributed by atoms with Gasteiger partial charge in [-0.3, -0.25) is 4.79 Å². The topological polar surface area (TPSA) is 84.5 Å². The van der Waals surface area contributed by atoms with E-state index in [1.54, 1.807) is 19.2 Å². The number of hydrogen-bond acceptors (Lipinski definition) is 4. The fourth-order valence-corrected chi connectivity index (χ4v) is 2.84. The molecule has 0 unspecified atom stereocenters. The molecule has 0 saturated carbocycles. The monoisotopic (exact) mass is 328 g/mol. The maximum absolute atomic E-state index is 12.2. The van der Waals surface area contributed by atoms with Crippen molar-refractivity contribution in [3.63, 3.8) is 0 Å². The summed E-state index contributed by atoms with van der Waals surface area (Å²) in [5.74, 6) is -0.302. The zero-order valence-electron chi connectivity index (χ0n) is 13.5. The molecule has 124 valence electrons. The first-order valence-corrected chi connectivity index (χ1v) is 8.55. The molecule has 6 nitrogen and oxygen atoms in total. The SMILES string of the molecule is COCCCNS(=O)(=O)c1cccc(C(=O)NC(C)(C)C)c1. The number of methoxy groups -OCH3 is 1. The Morgan fingerprint density at radius 1 is 1.27 bits per heavy atom. The molecular formula is C15H24N2O4S. The molecule has 0 fully saturated rings. The zero-order chi connectivity index (χ0) is 16.8. The molecule has 22 heavy (non-hydrogen) atoms. The number of carbonyl (C=O) groups is 1. The Kier molecular flexibility index (Phi) is 6.52. The predicted octanol–water partition coefficient (Wildman–Crippen LogP) is 1.53. The van der Waals surface area contributed by atoms with Gasteiger partial charge in [0.1, 0.15) is 0 Å². The van der Waals surface area contributed by atoms with E-state index in [1.165, 1.54) is 12.1 Å². The minimum Gasteiger partial charge on any atom is -0.385 e. The lowest BCUT2D eigenvalue weighted by Crippen LogP contribution is -2.40. The first-order valence-electron chi connectivity index (χ1n) is 7.07. The van der Waals surface area contributed by atoms with E-state index in [-0.39, 0.29) is 22.9 Å². The Hall–Kier alpha value is -1.44.